The lowest BCUT2D eigenvalue weighted by molar-refractivity contribution is 0.0697. The van der Waals surface area contributed by atoms with Crippen LogP contribution in [0.5, 0.6) is 5.75 Å². The summed E-state index contributed by atoms with van der Waals surface area (Å²) in [5.74, 6) is -0.310. The topological polar surface area (TPSA) is 66.8 Å². The average molecular weight is 294 g/mol. The lowest BCUT2D eigenvalue weighted by Crippen LogP contribution is -1.95. The van der Waals surface area contributed by atoms with Crippen LogP contribution >= 0.6 is 0 Å². The van der Waals surface area contributed by atoms with Crippen LogP contribution in [0.3, 0.4) is 0 Å². The van der Waals surface area contributed by atoms with Crippen molar-refractivity contribution in [2.75, 3.05) is 6.79 Å². The minimum absolute atomic E-state index is 0.273. The number of aliphatic hydroxyl groups is 1. The third-order valence-corrected chi connectivity index (χ3v) is 3.51. The first-order chi connectivity index (χ1) is 10.7. The molecule has 0 amide bonds. The summed E-state index contributed by atoms with van der Waals surface area (Å²) in [6.45, 7) is -0.348. The van der Waals surface area contributed by atoms with Crippen molar-refractivity contribution >= 4 is 16.7 Å². The van der Waals surface area contributed by atoms with Gasteiger partial charge in [-0.15, -0.1) is 0 Å². The van der Waals surface area contributed by atoms with Gasteiger partial charge >= 0.3 is 5.97 Å². The molecule has 0 saturated heterocycles. The van der Waals surface area contributed by atoms with Crippen LogP contribution in [0.2, 0.25) is 0 Å². The van der Waals surface area contributed by atoms with Gasteiger partial charge < -0.3 is 14.9 Å². The second kappa shape index (κ2) is 5.87. The number of aromatic carboxylic acids is 1. The fourth-order valence-corrected chi connectivity index (χ4v) is 2.37. The van der Waals surface area contributed by atoms with Gasteiger partial charge in [-0.05, 0) is 52.2 Å². The van der Waals surface area contributed by atoms with Crippen molar-refractivity contribution in [3.63, 3.8) is 0 Å². The summed E-state index contributed by atoms with van der Waals surface area (Å²) in [5, 5.41) is 19.8. The Hall–Kier alpha value is -2.85. The molecule has 22 heavy (non-hydrogen) atoms. The lowest BCUT2D eigenvalue weighted by atomic mass is 10.00. The smallest absolute Gasteiger partial charge is 0.335 e. The van der Waals surface area contributed by atoms with Crippen LogP contribution in [0.15, 0.2) is 60.7 Å². The minimum Gasteiger partial charge on any atom is -0.478 e. The summed E-state index contributed by atoms with van der Waals surface area (Å²) in [4.78, 5) is 10.9. The van der Waals surface area contributed by atoms with Crippen molar-refractivity contribution in [1.29, 1.82) is 0 Å². The zero-order valence-electron chi connectivity index (χ0n) is 11.7. The molecular formula is C18H14O4. The highest BCUT2D eigenvalue weighted by atomic mass is 16.6. The number of rotatable bonds is 4. The third kappa shape index (κ3) is 2.77. The molecule has 3 aromatic carbocycles. The van der Waals surface area contributed by atoms with Gasteiger partial charge in [0.2, 0.25) is 0 Å². The molecule has 110 valence electrons. The highest BCUT2D eigenvalue weighted by molar-refractivity contribution is 5.90. The predicted molar refractivity (Wildman–Crippen MR) is 84.1 cm³/mol. The molecule has 4 heteroatoms. The Kier molecular flexibility index (Phi) is 3.76. The number of ether oxygens (including phenoxy) is 1. The van der Waals surface area contributed by atoms with E-state index in [2.05, 4.69) is 0 Å². The van der Waals surface area contributed by atoms with Crippen LogP contribution in [0.1, 0.15) is 10.4 Å². The summed E-state index contributed by atoms with van der Waals surface area (Å²) in [6.07, 6.45) is 0. The molecule has 0 bridgehead atoms. The number of aliphatic hydroxyl groups excluding tert-OH is 1. The first kappa shape index (κ1) is 14.1. The SMILES string of the molecule is O=C(O)c1ccc(-c2ccc3cc(OCO)ccc3c2)cc1. The van der Waals surface area contributed by atoms with Crippen molar-refractivity contribution in [3.8, 4) is 16.9 Å². The second-order valence-electron chi connectivity index (χ2n) is 4.88. The summed E-state index contributed by atoms with van der Waals surface area (Å²) >= 11 is 0. The van der Waals surface area contributed by atoms with Gasteiger partial charge in [0.15, 0.2) is 6.79 Å². The average Bonchev–Trinajstić information content (AvgIpc) is 2.55. The van der Waals surface area contributed by atoms with E-state index in [9.17, 15) is 4.79 Å². The molecule has 0 aliphatic carbocycles. The summed E-state index contributed by atoms with van der Waals surface area (Å²) in [7, 11) is 0. The fourth-order valence-electron chi connectivity index (χ4n) is 2.37. The van der Waals surface area contributed by atoms with Gasteiger partial charge in [0.05, 0.1) is 5.56 Å². The molecule has 4 nitrogen and oxygen atoms in total. The highest BCUT2D eigenvalue weighted by Gasteiger charge is 2.04. The highest BCUT2D eigenvalue weighted by Crippen LogP contribution is 2.27. The maximum atomic E-state index is 10.9. The number of carbonyl (C=O) groups is 1. The molecule has 3 aromatic rings. The van der Waals surface area contributed by atoms with E-state index in [4.69, 9.17) is 14.9 Å². The summed E-state index contributed by atoms with van der Waals surface area (Å²) in [5.41, 5.74) is 2.25. The van der Waals surface area contributed by atoms with Crippen molar-refractivity contribution in [2.24, 2.45) is 0 Å². The number of fused-ring (bicyclic) bond motifs is 1. The summed E-state index contributed by atoms with van der Waals surface area (Å²) < 4.78 is 5.06. The van der Waals surface area contributed by atoms with Crippen molar-refractivity contribution in [3.05, 3.63) is 66.2 Å². The van der Waals surface area contributed by atoms with E-state index in [1.165, 1.54) is 0 Å². The minimum atomic E-state index is -0.929. The molecule has 0 radical (unpaired) electrons. The molecule has 0 aliphatic heterocycles. The Balaban J connectivity index is 1.97. The van der Waals surface area contributed by atoms with Crippen molar-refractivity contribution in [1.82, 2.24) is 0 Å². The van der Waals surface area contributed by atoms with Gasteiger partial charge in [0.1, 0.15) is 5.75 Å². The molecule has 0 fully saturated rings. The van der Waals surface area contributed by atoms with Crippen LogP contribution in [0.25, 0.3) is 21.9 Å². The molecule has 0 aromatic heterocycles. The first-order valence-corrected chi connectivity index (χ1v) is 6.78. The van der Waals surface area contributed by atoms with Crippen molar-refractivity contribution < 1.29 is 19.7 Å². The zero-order valence-corrected chi connectivity index (χ0v) is 11.7. The van der Waals surface area contributed by atoms with Gasteiger partial charge in [0, 0.05) is 0 Å². The Morgan fingerprint density at radius 3 is 2.18 bits per heavy atom. The molecule has 3 rings (SSSR count). The maximum absolute atomic E-state index is 10.9. The third-order valence-electron chi connectivity index (χ3n) is 3.51. The molecule has 2 N–H and O–H groups in total. The van der Waals surface area contributed by atoms with Gasteiger partial charge in [-0.25, -0.2) is 4.79 Å². The molecule has 0 atom stereocenters. The standard InChI is InChI=1S/C18H14O4/c19-11-22-17-8-7-15-9-14(5-6-16(15)10-17)12-1-3-13(4-2-12)18(20)21/h1-10,19H,11H2,(H,20,21). The number of hydrogen-bond donors (Lipinski definition) is 2. The molecule has 0 unspecified atom stereocenters. The van der Waals surface area contributed by atoms with Crippen LogP contribution in [0, 0.1) is 0 Å². The van der Waals surface area contributed by atoms with Crippen molar-refractivity contribution in [2.45, 2.75) is 0 Å². The molecular weight excluding hydrogens is 280 g/mol. The van der Waals surface area contributed by atoms with E-state index in [1.54, 1.807) is 30.3 Å². The Labute approximate surface area is 127 Å². The van der Waals surface area contributed by atoms with E-state index < -0.39 is 5.97 Å². The number of benzene rings is 3. The monoisotopic (exact) mass is 294 g/mol. The molecule has 0 aliphatic rings. The Morgan fingerprint density at radius 1 is 0.864 bits per heavy atom. The van der Waals surface area contributed by atoms with Crippen LogP contribution in [-0.4, -0.2) is 23.0 Å². The van der Waals surface area contributed by atoms with Gasteiger partial charge in [-0.1, -0.05) is 30.3 Å². The fraction of sp³-hybridized carbons (Fsp3) is 0.0556. The van der Waals surface area contributed by atoms with E-state index in [-0.39, 0.29) is 12.4 Å². The number of carboxylic acid groups (broad SMARTS) is 1. The second-order valence-corrected chi connectivity index (χ2v) is 4.88. The first-order valence-electron chi connectivity index (χ1n) is 6.78. The molecule has 0 spiro atoms. The number of carboxylic acids is 1. The van der Waals surface area contributed by atoms with E-state index in [1.807, 2.05) is 30.3 Å². The van der Waals surface area contributed by atoms with Crippen LogP contribution in [0.4, 0.5) is 0 Å². The molecule has 0 heterocycles. The predicted octanol–water partition coefficient (Wildman–Crippen LogP) is 3.53. The number of hydrogen-bond acceptors (Lipinski definition) is 3. The van der Waals surface area contributed by atoms with Crippen LogP contribution in [-0.2, 0) is 0 Å². The Morgan fingerprint density at radius 2 is 1.50 bits per heavy atom. The summed E-state index contributed by atoms with van der Waals surface area (Å²) in [6, 6.07) is 18.4. The van der Waals surface area contributed by atoms with Crippen LogP contribution < -0.4 is 4.74 Å². The lowest BCUT2D eigenvalue weighted by Gasteiger charge is -2.07. The van der Waals surface area contributed by atoms with E-state index in [0.717, 1.165) is 21.9 Å². The molecule has 0 saturated carbocycles. The van der Waals surface area contributed by atoms with E-state index >= 15 is 0 Å². The zero-order chi connectivity index (χ0) is 15.5. The quantitative estimate of drug-likeness (QED) is 0.722. The van der Waals surface area contributed by atoms with Gasteiger partial charge in [-0.2, -0.15) is 0 Å². The largest absolute Gasteiger partial charge is 0.478 e. The van der Waals surface area contributed by atoms with Gasteiger partial charge in [0.25, 0.3) is 0 Å². The normalized spacial score (nSPS) is 10.6. The van der Waals surface area contributed by atoms with E-state index in [0.29, 0.717) is 5.75 Å². The van der Waals surface area contributed by atoms with Gasteiger partial charge in [-0.3, -0.25) is 0 Å². The maximum Gasteiger partial charge on any atom is 0.335 e. The Bertz CT molecular complexity index is 822.